The first-order valence-electron chi connectivity index (χ1n) is 11.5. The Morgan fingerprint density at radius 3 is 2.00 bits per heavy atom. The van der Waals surface area contributed by atoms with Gasteiger partial charge in [0.05, 0.1) is 6.04 Å². The van der Waals surface area contributed by atoms with Crippen molar-refractivity contribution >= 4 is 23.2 Å². The van der Waals surface area contributed by atoms with E-state index < -0.39 is 0 Å². The highest BCUT2D eigenvalue weighted by Crippen LogP contribution is 2.24. The Labute approximate surface area is 191 Å². The molecule has 0 radical (unpaired) electrons. The number of carbonyl (C=O) groups excluding carboxylic acids is 3. The van der Waals surface area contributed by atoms with E-state index in [4.69, 9.17) is 0 Å². The number of hydrogen-bond acceptors (Lipinski definition) is 4. The maximum absolute atomic E-state index is 12.9. The summed E-state index contributed by atoms with van der Waals surface area (Å²) >= 11 is 0. The first-order valence-corrected chi connectivity index (χ1v) is 11.5. The summed E-state index contributed by atoms with van der Waals surface area (Å²) in [7, 11) is 0. The minimum absolute atomic E-state index is 0.000152. The van der Waals surface area contributed by atoms with Gasteiger partial charge in [0.2, 0.25) is 5.91 Å². The van der Waals surface area contributed by atoms with Crippen molar-refractivity contribution in [3.8, 4) is 0 Å². The van der Waals surface area contributed by atoms with Gasteiger partial charge in [0.1, 0.15) is 0 Å². The van der Waals surface area contributed by atoms with Crippen molar-refractivity contribution in [2.45, 2.75) is 53.0 Å². The van der Waals surface area contributed by atoms with E-state index in [-0.39, 0.29) is 29.4 Å². The molecule has 1 atom stereocenters. The molecule has 2 aromatic rings. The SMILES string of the molecule is CC(=O)c1ccc(NC(=O)C(C)N2CCC(C(=O)c3ccc(CC(C)C)cc3)CC2)cc1. The monoisotopic (exact) mass is 434 g/mol. The maximum Gasteiger partial charge on any atom is 0.241 e. The number of benzene rings is 2. The smallest absolute Gasteiger partial charge is 0.241 e. The Kier molecular flexibility index (Phi) is 7.97. The van der Waals surface area contributed by atoms with Crippen LogP contribution < -0.4 is 5.32 Å². The van der Waals surface area contributed by atoms with Crippen molar-refractivity contribution in [3.05, 3.63) is 65.2 Å². The lowest BCUT2D eigenvalue weighted by Crippen LogP contribution is -2.47. The van der Waals surface area contributed by atoms with Gasteiger partial charge < -0.3 is 5.32 Å². The molecule has 32 heavy (non-hydrogen) atoms. The number of rotatable bonds is 8. The van der Waals surface area contributed by atoms with Gasteiger partial charge in [-0.1, -0.05) is 38.1 Å². The van der Waals surface area contributed by atoms with Gasteiger partial charge in [-0.25, -0.2) is 0 Å². The van der Waals surface area contributed by atoms with Crippen LogP contribution in [0, 0.1) is 11.8 Å². The summed E-state index contributed by atoms with van der Waals surface area (Å²) in [4.78, 5) is 39.2. The molecule has 5 nitrogen and oxygen atoms in total. The molecule has 1 saturated heterocycles. The van der Waals surface area contributed by atoms with Crippen molar-refractivity contribution in [1.29, 1.82) is 0 Å². The predicted octanol–water partition coefficient (Wildman–Crippen LogP) is 5.01. The average molecular weight is 435 g/mol. The van der Waals surface area contributed by atoms with Crippen LogP contribution in [0.4, 0.5) is 5.69 Å². The number of amides is 1. The Balaban J connectivity index is 1.51. The van der Waals surface area contributed by atoms with E-state index in [9.17, 15) is 14.4 Å². The largest absolute Gasteiger partial charge is 0.325 e. The minimum atomic E-state index is -0.283. The van der Waals surface area contributed by atoms with Crippen LogP contribution in [0.2, 0.25) is 0 Å². The highest BCUT2D eigenvalue weighted by molar-refractivity contribution is 5.98. The second-order valence-corrected chi connectivity index (χ2v) is 9.27. The Morgan fingerprint density at radius 1 is 0.906 bits per heavy atom. The van der Waals surface area contributed by atoms with Gasteiger partial charge in [0, 0.05) is 22.7 Å². The summed E-state index contributed by atoms with van der Waals surface area (Å²) in [5.41, 5.74) is 3.35. The van der Waals surface area contributed by atoms with Gasteiger partial charge in [-0.2, -0.15) is 0 Å². The lowest BCUT2D eigenvalue weighted by molar-refractivity contribution is -0.121. The third-order valence-corrected chi connectivity index (χ3v) is 6.27. The van der Waals surface area contributed by atoms with Gasteiger partial charge in [-0.05, 0) is 81.9 Å². The molecular formula is C27H34N2O3. The zero-order valence-electron chi connectivity index (χ0n) is 19.6. The lowest BCUT2D eigenvalue weighted by atomic mass is 9.88. The standard InChI is InChI=1S/C27H34N2O3/c1-18(2)17-21-5-7-23(8-6-21)26(31)24-13-15-29(16-14-24)19(3)27(32)28-25-11-9-22(10-12-25)20(4)30/h5-12,18-19,24H,13-17H2,1-4H3,(H,28,32). The fourth-order valence-electron chi connectivity index (χ4n) is 4.26. The van der Waals surface area contributed by atoms with Crippen LogP contribution in [0.5, 0.6) is 0 Å². The van der Waals surface area contributed by atoms with Gasteiger partial charge in [-0.3, -0.25) is 19.3 Å². The molecule has 1 aliphatic rings. The van der Waals surface area contributed by atoms with Gasteiger partial charge in [0.15, 0.2) is 11.6 Å². The van der Waals surface area contributed by atoms with Crippen LogP contribution in [0.3, 0.4) is 0 Å². The molecular weight excluding hydrogens is 400 g/mol. The highest BCUT2D eigenvalue weighted by atomic mass is 16.2. The molecule has 1 unspecified atom stereocenters. The summed E-state index contributed by atoms with van der Waals surface area (Å²) in [6, 6.07) is 14.7. The number of nitrogens with one attached hydrogen (secondary N) is 1. The van der Waals surface area contributed by atoms with Crippen LogP contribution in [0.1, 0.15) is 66.8 Å². The van der Waals surface area contributed by atoms with Crippen molar-refractivity contribution in [2.24, 2.45) is 11.8 Å². The molecule has 3 rings (SSSR count). The van der Waals surface area contributed by atoms with E-state index in [1.54, 1.807) is 24.3 Å². The predicted molar refractivity (Wildman–Crippen MR) is 128 cm³/mol. The average Bonchev–Trinajstić information content (AvgIpc) is 2.78. The summed E-state index contributed by atoms with van der Waals surface area (Å²) < 4.78 is 0. The van der Waals surface area contributed by atoms with Gasteiger partial charge in [-0.15, -0.1) is 0 Å². The zero-order chi connectivity index (χ0) is 23.3. The third-order valence-electron chi connectivity index (χ3n) is 6.27. The van der Waals surface area contributed by atoms with Gasteiger partial charge >= 0.3 is 0 Å². The molecule has 0 bridgehead atoms. The fraction of sp³-hybridized carbons (Fsp3) is 0.444. The molecule has 170 valence electrons. The molecule has 1 aliphatic heterocycles. The van der Waals surface area contributed by atoms with Crippen LogP contribution in [-0.2, 0) is 11.2 Å². The number of ketones is 2. The number of nitrogens with zero attached hydrogens (tertiary/aromatic N) is 1. The van der Waals surface area contributed by atoms with Crippen molar-refractivity contribution in [1.82, 2.24) is 4.90 Å². The van der Waals surface area contributed by atoms with Crippen LogP contribution >= 0.6 is 0 Å². The van der Waals surface area contributed by atoms with Crippen molar-refractivity contribution in [2.75, 3.05) is 18.4 Å². The molecule has 1 fully saturated rings. The molecule has 0 saturated carbocycles. The van der Waals surface area contributed by atoms with Gasteiger partial charge in [0.25, 0.3) is 0 Å². The summed E-state index contributed by atoms with van der Waals surface area (Å²) in [5.74, 6) is 0.742. The molecule has 5 heteroatoms. The Hall–Kier alpha value is -2.79. The minimum Gasteiger partial charge on any atom is -0.325 e. The van der Waals surface area contributed by atoms with E-state index in [0.29, 0.717) is 17.2 Å². The molecule has 0 aliphatic carbocycles. The molecule has 0 spiro atoms. The summed E-state index contributed by atoms with van der Waals surface area (Å²) in [6.45, 7) is 9.25. The number of piperidine rings is 1. The second kappa shape index (κ2) is 10.7. The van der Waals surface area contributed by atoms with Crippen molar-refractivity contribution < 1.29 is 14.4 Å². The number of Topliss-reactive ketones (excluding diaryl/α,β-unsaturated/α-hetero) is 2. The number of hydrogen-bond donors (Lipinski definition) is 1. The Morgan fingerprint density at radius 2 is 1.47 bits per heavy atom. The zero-order valence-corrected chi connectivity index (χ0v) is 19.6. The first kappa shape index (κ1) is 23.9. The van der Waals surface area contributed by atoms with Crippen LogP contribution in [0.15, 0.2) is 48.5 Å². The number of carbonyl (C=O) groups is 3. The van der Waals surface area contributed by atoms with E-state index in [1.165, 1.54) is 12.5 Å². The van der Waals surface area contributed by atoms with Crippen molar-refractivity contribution in [3.63, 3.8) is 0 Å². The normalized spacial score (nSPS) is 16.0. The van der Waals surface area contributed by atoms with E-state index in [0.717, 1.165) is 37.9 Å². The number of anilines is 1. The van der Waals surface area contributed by atoms with Crippen LogP contribution in [-0.4, -0.2) is 41.5 Å². The number of likely N-dealkylation sites (tertiary alicyclic amines) is 1. The quantitative estimate of drug-likeness (QED) is 0.593. The van der Waals surface area contributed by atoms with E-state index in [2.05, 4.69) is 36.2 Å². The third kappa shape index (κ3) is 6.13. The van der Waals surface area contributed by atoms with Crippen LogP contribution in [0.25, 0.3) is 0 Å². The van der Waals surface area contributed by atoms with E-state index in [1.807, 2.05) is 19.1 Å². The Bertz CT molecular complexity index is 940. The van der Waals surface area contributed by atoms with E-state index >= 15 is 0 Å². The molecule has 1 N–H and O–H groups in total. The highest BCUT2D eigenvalue weighted by Gasteiger charge is 2.30. The second-order valence-electron chi connectivity index (χ2n) is 9.27. The topological polar surface area (TPSA) is 66.5 Å². The molecule has 2 aromatic carbocycles. The summed E-state index contributed by atoms with van der Waals surface area (Å²) in [6.07, 6.45) is 2.54. The first-order chi connectivity index (χ1) is 15.2. The molecule has 1 amide bonds. The lowest BCUT2D eigenvalue weighted by Gasteiger charge is -2.34. The molecule has 0 aromatic heterocycles. The summed E-state index contributed by atoms with van der Waals surface area (Å²) in [5, 5.41) is 2.92. The maximum atomic E-state index is 12.9. The molecule has 1 heterocycles. The fourth-order valence-corrected chi connectivity index (χ4v) is 4.26.